The number of rotatable bonds is 3. The smallest absolute Gasteiger partial charge is 0.410 e. The number of hydrogen-bond acceptors (Lipinski definition) is 14. The molecule has 21 nitrogen and oxygen atoms in total. The summed E-state index contributed by atoms with van der Waals surface area (Å²) in [7, 11) is 0. The van der Waals surface area contributed by atoms with Crippen LogP contribution >= 0.6 is 15.9 Å². The Morgan fingerprint density at radius 1 is 0.550 bits per heavy atom. The summed E-state index contributed by atoms with van der Waals surface area (Å²) in [6, 6.07) is -0.593. The molecule has 1 saturated carbocycles. The number of hydrogen-bond donors (Lipinski definition) is 1. The van der Waals surface area contributed by atoms with Gasteiger partial charge in [-0.15, -0.1) is 0 Å². The number of Topliss-reactive ketones (excluding diaryl/α,β-unsaturated/α-hetero) is 4. The first-order valence-corrected chi connectivity index (χ1v) is 39.5. The van der Waals surface area contributed by atoms with E-state index in [4.69, 9.17) is 48.0 Å². The lowest BCUT2D eigenvalue weighted by atomic mass is 9.52. The van der Waals surface area contributed by atoms with Gasteiger partial charge in [0.1, 0.15) is 29.2 Å². The zero-order chi connectivity index (χ0) is 84.0. The van der Waals surface area contributed by atoms with Gasteiger partial charge in [0, 0.05) is 106 Å². The highest BCUT2D eigenvalue weighted by Crippen LogP contribution is 2.58. The molecule has 624 valence electrons. The van der Waals surface area contributed by atoms with Gasteiger partial charge in [-0.25, -0.2) is 39.9 Å². The van der Waals surface area contributed by atoms with Gasteiger partial charge < -0.3 is 58.0 Å². The molecular weight excluding hydrogens is 1480 g/mol. The Bertz CT molecular complexity index is 3820. The average Bonchev–Trinajstić information content (AvgIpc) is 1.73. The van der Waals surface area contributed by atoms with Crippen molar-refractivity contribution in [2.24, 2.45) is 78.3 Å². The predicted molar refractivity (Wildman–Crippen MR) is 439 cm³/mol. The van der Waals surface area contributed by atoms with Gasteiger partial charge in [-0.3, -0.25) is 14.1 Å². The number of amides is 3. The van der Waals surface area contributed by atoms with Gasteiger partial charge in [0.25, 0.3) is 6.04 Å². The van der Waals surface area contributed by atoms with Crippen LogP contribution in [0.25, 0.3) is 19.4 Å². The normalized spacial score (nSPS) is 30.9. The lowest BCUT2D eigenvalue weighted by molar-refractivity contribution is -0.145. The highest BCUT2D eigenvalue weighted by molar-refractivity contribution is 9.09. The number of ether oxygens (including phenoxy) is 3. The summed E-state index contributed by atoms with van der Waals surface area (Å²) in [5.74, 6) is 2.33. The van der Waals surface area contributed by atoms with Crippen molar-refractivity contribution in [3.63, 3.8) is 0 Å². The molecule has 3 amide bonds. The maximum Gasteiger partial charge on any atom is 0.410 e. The van der Waals surface area contributed by atoms with Crippen molar-refractivity contribution in [1.82, 2.24) is 30.1 Å². The van der Waals surface area contributed by atoms with Crippen LogP contribution in [0.4, 0.5) is 23.2 Å². The molecule has 11 rings (SSSR count). The first-order chi connectivity index (χ1) is 50.5. The third kappa shape index (κ3) is 21.6. The molecule has 0 radical (unpaired) electrons. The molecule has 0 aromatic carbocycles. The Kier molecular flexibility index (Phi) is 31.6. The Labute approximate surface area is 677 Å². The third-order valence-corrected chi connectivity index (χ3v) is 25.1. The van der Waals surface area contributed by atoms with E-state index >= 15 is 0 Å². The number of carbonyl (C=O) groups is 7. The maximum absolute atomic E-state index is 12.6. The topological polar surface area (TPSA) is 216 Å². The van der Waals surface area contributed by atoms with Crippen LogP contribution < -0.4 is 5.32 Å². The second kappa shape index (κ2) is 36.3. The zero-order valence-corrected chi connectivity index (χ0v) is 70.9. The molecule has 5 saturated heterocycles. The highest BCUT2D eigenvalue weighted by Gasteiger charge is 2.61. The predicted octanol–water partition coefficient (Wildman–Crippen LogP) is 19.2. The summed E-state index contributed by atoms with van der Waals surface area (Å²) in [5.41, 5.74) is -2.42. The van der Waals surface area contributed by atoms with Crippen LogP contribution in [0, 0.1) is 105 Å². The largest absolute Gasteiger partial charge is 0.444 e. The fraction of sp³-hybridized carbons (Fsp3) is 0.770. The number of fused-ring (bicyclic) bond motifs is 6. The van der Waals surface area contributed by atoms with Crippen molar-refractivity contribution < 1.29 is 64.0 Å². The lowest BCUT2D eigenvalue weighted by Gasteiger charge is -2.54. The fourth-order valence-electron chi connectivity index (χ4n) is 20.3. The van der Waals surface area contributed by atoms with Crippen molar-refractivity contribution in [3.05, 3.63) is 98.5 Å². The Morgan fingerprint density at radius 2 is 0.919 bits per heavy atom. The van der Waals surface area contributed by atoms with Crippen molar-refractivity contribution in [1.29, 1.82) is 0 Å². The highest BCUT2D eigenvalue weighted by atomic mass is 79.9. The third-order valence-electron chi connectivity index (χ3n) is 24.8. The van der Waals surface area contributed by atoms with Gasteiger partial charge in [-0.05, 0) is 171 Å². The maximum atomic E-state index is 12.6. The Hall–Kier alpha value is -6.86. The van der Waals surface area contributed by atoms with Crippen LogP contribution in [-0.4, -0.2) is 180 Å². The van der Waals surface area contributed by atoms with Crippen LogP contribution in [0.1, 0.15) is 241 Å². The summed E-state index contributed by atoms with van der Waals surface area (Å²) in [6.45, 7) is 83.5. The minimum Gasteiger partial charge on any atom is -0.444 e. The number of carbonyl (C=O) groups excluding carboxylic acids is 7. The van der Waals surface area contributed by atoms with Crippen LogP contribution in [0.5, 0.6) is 0 Å². The zero-order valence-electron chi connectivity index (χ0n) is 71.3. The van der Waals surface area contributed by atoms with Crippen molar-refractivity contribution >= 4 is 57.3 Å². The van der Waals surface area contributed by atoms with Gasteiger partial charge in [0.2, 0.25) is 22.9 Å². The molecule has 0 spiro atoms. The molecule has 10 aliphatic rings. The van der Waals surface area contributed by atoms with Crippen LogP contribution in [-0.2, 0) is 45.2 Å². The van der Waals surface area contributed by atoms with Crippen molar-refractivity contribution in [2.75, 3.05) is 90.7 Å². The van der Waals surface area contributed by atoms with Crippen LogP contribution in [0.15, 0.2) is 46.0 Å². The molecule has 5 aliphatic heterocycles. The summed E-state index contributed by atoms with van der Waals surface area (Å²) in [4.78, 5) is 108. The SMILES string of the molecule is C.C.C.CC(C)(C)OC(=O)N1CC[C@@H]2C(C)(C)c3oncc3C[C@@]2(C)C1.FCCBr.[2H][2H].[C-]#[N+]C1=C[C@@]2(C)CN(C(=O)OC(C)(C)C)CC[C@@H]2C(C)(C)C1=O.[C-]#[N+]C1=C[C@@]2(C)CN(CCF)CC[C@@H]2C(C)(C)C1=O.[C-]#[N+]C1=C[C@@]2(C)CNCC[C@@H]2C(C)(C)C1=O.[C-]#[N+]C1C[C@@]2(C)CN(C(=O)OC(C)(C)C)CC[C@@H]2C(C)(C)C1=O. The molecule has 0 bridgehead atoms. The molecule has 24 heteroatoms. The molecule has 6 heterocycles. The van der Waals surface area contributed by atoms with E-state index in [1.54, 1.807) is 15.9 Å². The number of piperidine rings is 5. The first kappa shape index (κ1) is 96.5. The monoisotopic (exact) mass is 1620 g/mol. The summed E-state index contributed by atoms with van der Waals surface area (Å²) < 4.78 is 55.3. The number of allylic oxidation sites excluding steroid dienone is 3. The Balaban J connectivity index is 0.000000470. The molecule has 111 heavy (non-hydrogen) atoms. The number of likely N-dealkylation sites (tertiary alicyclic amines) is 4. The standard InChI is InChI=1S/2C18H28N2O3.C18H26N2O3.C15H21FN2O.C13H18N2O.C2H4BrF.3CH4.H2/c1-16(2,3)22-15(21)20-8-7-13-17(4,5)14-12(10-19-23-14)9-18(13,6)11-20;2*1-16(2,3)23-15(22)20-9-8-13-17(4,5)14(21)12(19-7)10-18(13,6)11-20;1-14(2)12-5-7-18(8-6-16)10-15(12,3)9-11(17-4)13(14)19;1-12(2)10-5-6-15-8-13(10,3)7-9(14-4)11(12)16;3-1-2-4;;;;/h10,13H,7-9,11H2,1-6H3;12-13H,8-11H2,1-6H3;10,13H,8-9,11H2,1-6H3;9,12H,5-8,10H2,1-3H3;7,10,15H,5-6,8H2,1-3H3;1-2H2;3*1H4;1H/t13-,18+;12?,13-,18+;13-,18+;12-,15+;10-,13+;;;;;/m11111...../s1/i;;;;;;;;;1+1D. The van der Waals surface area contributed by atoms with Gasteiger partial charge in [-0.2, -0.15) is 0 Å². The summed E-state index contributed by atoms with van der Waals surface area (Å²) >= 11 is 2.87. The van der Waals surface area contributed by atoms with Gasteiger partial charge in [0.15, 0.2) is 17.3 Å². The van der Waals surface area contributed by atoms with Gasteiger partial charge in [-0.1, -0.05) is 165 Å². The van der Waals surface area contributed by atoms with E-state index in [0.717, 1.165) is 83.6 Å². The fourth-order valence-corrected chi connectivity index (χ4v) is 20.3. The summed E-state index contributed by atoms with van der Waals surface area (Å²) in [5, 5.41) is 7.84. The van der Waals surface area contributed by atoms with Crippen molar-refractivity contribution in [3.8, 4) is 0 Å². The first-order valence-electron chi connectivity index (χ1n) is 39.4. The molecule has 1 N–H and O–H groups in total. The Morgan fingerprint density at radius 3 is 1.32 bits per heavy atom. The van der Waals surface area contributed by atoms with E-state index in [2.05, 4.69) is 92.2 Å². The van der Waals surface area contributed by atoms with E-state index in [0.29, 0.717) is 62.0 Å². The summed E-state index contributed by atoms with van der Waals surface area (Å²) in [6.07, 6.45) is 12.3. The molecular formula is C87H139BrF2N10O11. The second-order valence-electron chi connectivity index (χ2n) is 38.8. The molecule has 6 fully saturated rings. The number of alkyl halides is 3. The van der Waals surface area contributed by atoms with Crippen molar-refractivity contribution in [2.45, 2.75) is 262 Å². The van der Waals surface area contributed by atoms with E-state index in [9.17, 15) is 42.3 Å². The molecule has 5 aliphatic carbocycles. The minimum atomic E-state index is -0.593. The van der Waals surface area contributed by atoms with Crippen LogP contribution in [0.3, 0.4) is 0 Å². The lowest BCUT2D eigenvalue weighted by Crippen LogP contribution is -2.61. The molecule has 1 aromatic rings. The number of aromatic nitrogens is 1. The molecule has 1 aromatic heterocycles. The number of ketones is 4. The average molecular weight is 1620 g/mol. The second-order valence-corrected chi connectivity index (χ2v) is 39.6. The quantitative estimate of drug-likeness (QED) is 0.169. The molecule has 11 atom stereocenters. The van der Waals surface area contributed by atoms with E-state index in [1.165, 1.54) is 5.56 Å². The minimum absolute atomic E-state index is 0. The van der Waals surface area contributed by atoms with E-state index in [-0.39, 0.29) is 139 Å². The van der Waals surface area contributed by atoms with E-state index in [1.807, 2.05) is 148 Å². The van der Waals surface area contributed by atoms with Crippen LogP contribution in [0.2, 0.25) is 0 Å². The van der Waals surface area contributed by atoms with E-state index < -0.39 is 44.5 Å². The van der Waals surface area contributed by atoms with Gasteiger partial charge in [0.05, 0.1) is 32.6 Å². The number of halogens is 3. The molecule has 1 unspecified atom stereocenters. The number of nitrogens with one attached hydrogen (secondary N) is 1. The number of nitrogens with zero attached hydrogens (tertiary/aromatic N) is 9. The van der Waals surface area contributed by atoms with Gasteiger partial charge >= 0.3 is 18.3 Å².